The third-order valence-corrected chi connectivity index (χ3v) is 4.94. The Bertz CT molecular complexity index is 1040. The van der Waals surface area contributed by atoms with Crippen molar-refractivity contribution in [1.82, 2.24) is 5.32 Å². The normalized spacial score (nSPS) is 12.2. The van der Waals surface area contributed by atoms with Gasteiger partial charge in [-0.1, -0.05) is 18.6 Å². The summed E-state index contributed by atoms with van der Waals surface area (Å²) in [6.07, 6.45) is 2.32. The monoisotopic (exact) mass is 411 g/mol. The fourth-order valence-corrected chi connectivity index (χ4v) is 3.39. The summed E-state index contributed by atoms with van der Waals surface area (Å²) in [6.45, 7) is 0.349. The lowest BCUT2D eigenvalue weighted by atomic mass is 9.82. The molecule has 0 bridgehead atoms. The van der Waals surface area contributed by atoms with Gasteiger partial charge in [-0.25, -0.2) is 0 Å². The summed E-state index contributed by atoms with van der Waals surface area (Å²) in [7, 11) is 1.33. The number of carbonyl (C=O) groups excluding carboxylic acids is 4. The molecule has 0 heterocycles. The number of carbonyl (C=O) groups is 4. The van der Waals surface area contributed by atoms with Crippen molar-refractivity contribution in [3.8, 4) is 11.5 Å². The maximum Gasteiger partial charge on any atom is 0.305 e. The fraction of sp³-hybridized carbons (Fsp3) is 0.273. The molecule has 3 N–H and O–H groups in total. The number of hydrogen-bond acceptors (Lipinski definition) is 7. The van der Waals surface area contributed by atoms with E-state index in [1.54, 1.807) is 0 Å². The Kier molecular flexibility index (Phi) is 6.15. The Balaban J connectivity index is 1.72. The third-order valence-electron chi connectivity index (χ3n) is 4.94. The van der Waals surface area contributed by atoms with Gasteiger partial charge in [0.25, 0.3) is 5.91 Å². The number of hydrogen-bond donors (Lipinski definition) is 3. The maximum atomic E-state index is 12.8. The van der Waals surface area contributed by atoms with Crippen LogP contribution in [0.5, 0.6) is 11.5 Å². The Labute approximate surface area is 172 Å². The average Bonchev–Trinajstić information content (AvgIpc) is 2.73. The molecule has 1 aliphatic rings. The topological polar surface area (TPSA) is 130 Å². The van der Waals surface area contributed by atoms with Crippen LogP contribution in [0.4, 0.5) is 0 Å². The van der Waals surface area contributed by atoms with Gasteiger partial charge in [-0.15, -0.1) is 0 Å². The number of phenols is 2. The summed E-state index contributed by atoms with van der Waals surface area (Å²) in [5.74, 6) is -2.84. The second-order valence-electron chi connectivity index (χ2n) is 6.92. The Morgan fingerprint density at radius 3 is 2.40 bits per heavy atom. The minimum Gasteiger partial charge on any atom is -0.507 e. The van der Waals surface area contributed by atoms with Crippen LogP contribution < -0.4 is 5.32 Å². The summed E-state index contributed by atoms with van der Waals surface area (Å²) >= 11 is 0. The molecule has 8 nitrogen and oxygen atoms in total. The molecular formula is C22H21NO7. The van der Waals surface area contributed by atoms with Crippen molar-refractivity contribution in [3.05, 3.63) is 58.1 Å². The quantitative estimate of drug-likeness (QED) is 0.402. The highest BCUT2D eigenvalue weighted by atomic mass is 16.5. The number of amides is 1. The van der Waals surface area contributed by atoms with Crippen molar-refractivity contribution in [2.45, 2.75) is 25.7 Å². The molecule has 2 aromatic rings. The number of ether oxygens (including phenoxy) is 1. The number of benzene rings is 2. The van der Waals surface area contributed by atoms with Crippen LogP contribution in [0.1, 0.15) is 67.9 Å². The standard InChI is InChI=1S/C22H21NO7/c1-30-17(26)8-3-2-4-9-23-22(29)12-10-14-19(16(25)11-12)21(28)18-13(20(14)27)6-5-7-15(18)24/h5-7,10-11,24-25H,2-4,8-9H2,1H3,(H,23,29). The van der Waals surface area contributed by atoms with E-state index in [9.17, 15) is 29.4 Å². The number of phenolic OH excluding ortho intramolecular Hbond substituents is 2. The van der Waals surface area contributed by atoms with Crippen LogP contribution >= 0.6 is 0 Å². The summed E-state index contributed by atoms with van der Waals surface area (Å²) in [5.41, 5.74) is -0.398. The number of rotatable bonds is 7. The SMILES string of the molecule is COC(=O)CCCCCNC(=O)c1cc(O)c2c(c1)C(=O)c1cccc(O)c1C2=O. The first kappa shape index (κ1) is 21.0. The Morgan fingerprint density at radius 2 is 1.67 bits per heavy atom. The molecule has 0 fully saturated rings. The predicted molar refractivity (Wildman–Crippen MR) is 106 cm³/mol. The number of nitrogens with one attached hydrogen (secondary N) is 1. The molecular weight excluding hydrogens is 390 g/mol. The van der Waals surface area contributed by atoms with Crippen molar-refractivity contribution < 1.29 is 34.1 Å². The second kappa shape index (κ2) is 8.77. The van der Waals surface area contributed by atoms with Crippen LogP contribution in [0.3, 0.4) is 0 Å². The van der Waals surface area contributed by atoms with E-state index >= 15 is 0 Å². The van der Waals surface area contributed by atoms with Crippen LogP contribution in [0.15, 0.2) is 30.3 Å². The summed E-state index contributed by atoms with van der Waals surface area (Å²) in [4.78, 5) is 49.0. The lowest BCUT2D eigenvalue weighted by Gasteiger charge is -2.20. The van der Waals surface area contributed by atoms with Gasteiger partial charge in [-0.3, -0.25) is 19.2 Å². The van der Waals surface area contributed by atoms with E-state index in [4.69, 9.17) is 0 Å². The van der Waals surface area contributed by atoms with E-state index in [-0.39, 0.29) is 39.5 Å². The molecule has 0 radical (unpaired) electrons. The van der Waals surface area contributed by atoms with E-state index in [1.165, 1.54) is 31.4 Å². The van der Waals surface area contributed by atoms with E-state index in [0.29, 0.717) is 25.8 Å². The number of fused-ring (bicyclic) bond motifs is 2. The molecule has 1 aliphatic carbocycles. The van der Waals surface area contributed by atoms with Gasteiger partial charge in [-0.2, -0.15) is 0 Å². The number of unbranched alkanes of at least 4 members (excludes halogenated alkanes) is 2. The van der Waals surface area contributed by atoms with Gasteiger partial charge in [0.15, 0.2) is 5.78 Å². The van der Waals surface area contributed by atoms with Gasteiger partial charge in [0.1, 0.15) is 11.5 Å². The van der Waals surface area contributed by atoms with Gasteiger partial charge in [0, 0.05) is 29.7 Å². The second-order valence-corrected chi connectivity index (χ2v) is 6.92. The number of ketones is 2. The van der Waals surface area contributed by atoms with E-state index in [2.05, 4.69) is 10.1 Å². The van der Waals surface area contributed by atoms with Crippen molar-refractivity contribution in [1.29, 1.82) is 0 Å². The Hall–Kier alpha value is -3.68. The summed E-state index contributed by atoms with van der Waals surface area (Å²) < 4.78 is 4.56. The maximum absolute atomic E-state index is 12.8. The zero-order valence-electron chi connectivity index (χ0n) is 16.4. The van der Waals surface area contributed by atoms with Crippen molar-refractivity contribution >= 4 is 23.4 Å². The van der Waals surface area contributed by atoms with Crippen LogP contribution in [-0.4, -0.2) is 47.3 Å². The zero-order valence-corrected chi connectivity index (χ0v) is 16.4. The molecule has 0 spiro atoms. The van der Waals surface area contributed by atoms with Crippen LogP contribution in [0, 0.1) is 0 Å². The largest absolute Gasteiger partial charge is 0.507 e. The number of esters is 1. The first-order chi connectivity index (χ1) is 14.3. The molecule has 2 aromatic carbocycles. The summed E-state index contributed by atoms with van der Waals surface area (Å²) in [5, 5.41) is 23.0. The molecule has 156 valence electrons. The van der Waals surface area contributed by atoms with Crippen LogP contribution in [0.2, 0.25) is 0 Å². The molecule has 1 amide bonds. The molecule has 0 unspecified atom stereocenters. The van der Waals surface area contributed by atoms with Crippen molar-refractivity contribution in [3.63, 3.8) is 0 Å². The molecule has 8 heteroatoms. The highest BCUT2D eigenvalue weighted by Gasteiger charge is 2.34. The minimum atomic E-state index is -0.673. The van der Waals surface area contributed by atoms with E-state index in [1.807, 2.05) is 0 Å². The average molecular weight is 411 g/mol. The molecule has 3 rings (SSSR count). The van der Waals surface area contributed by atoms with Gasteiger partial charge in [-0.05, 0) is 31.0 Å². The Morgan fingerprint density at radius 1 is 0.933 bits per heavy atom. The predicted octanol–water partition coefficient (Wildman–Crippen LogP) is 2.34. The zero-order chi connectivity index (χ0) is 21.8. The molecule has 0 saturated carbocycles. The lowest BCUT2D eigenvalue weighted by molar-refractivity contribution is -0.140. The first-order valence-electron chi connectivity index (χ1n) is 9.48. The highest BCUT2D eigenvalue weighted by molar-refractivity contribution is 6.30. The van der Waals surface area contributed by atoms with Crippen LogP contribution in [0.25, 0.3) is 0 Å². The third kappa shape index (κ3) is 4.03. The minimum absolute atomic E-state index is 0.0232. The van der Waals surface area contributed by atoms with Crippen molar-refractivity contribution in [2.24, 2.45) is 0 Å². The lowest BCUT2D eigenvalue weighted by Crippen LogP contribution is -2.26. The van der Waals surface area contributed by atoms with E-state index in [0.717, 1.165) is 12.5 Å². The van der Waals surface area contributed by atoms with E-state index < -0.39 is 23.2 Å². The van der Waals surface area contributed by atoms with Gasteiger partial charge >= 0.3 is 5.97 Å². The molecule has 30 heavy (non-hydrogen) atoms. The fourth-order valence-electron chi connectivity index (χ4n) is 3.39. The van der Waals surface area contributed by atoms with Crippen LogP contribution in [-0.2, 0) is 9.53 Å². The van der Waals surface area contributed by atoms with Gasteiger partial charge in [0.2, 0.25) is 5.78 Å². The smallest absolute Gasteiger partial charge is 0.305 e. The molecule has 0 saturated heterocycles. The molecule has 0 atom stereocenters. The molecule has 0 aromatic heterocycles. The van der Waals surface area contributed by atoms with Gasteiger partial charge < -0.3 is 20.3 Å². The van der Waals surface area contributed by atoms with Crippen molar-refractivity contribution in [2.75, 3.05) is 13.7 Å². The summed E-state index contributed by atoms with van der Waals surface area (Å²) in [6, 6.07) is 6.55. The first-order valence-corrected chi connectivity index (χ1v) is 9.48. The molecule has 0 aliphatic heterocycles. The highest BCUT2D eigenvalue weighted by Crippen LogP contribution is 2.37. The van der Waals surface area contributed by atoms with Gasteiger partial charge in [0.05, 0.1) is 18.2 Å². The number of methoxy groups -OCH3 is 1. The number of aromatic hydroxyl groups is 2.